The van der Waals surface area contributed by atoms with Crippen LogP contribution in [0.1, 0.15) is 129 Å². The summed E-state index contributed by atoms with van der Waals surface area (Å²) in [4.78, 5) is 22.5. The molecule has 0 radical (unpaired) electrons. The van der Waals surface area contributed by atoms with Gasteiger partial charge < -0.3 is 21.1 Å². The van der Waals surface area contributed by atoms with E-state index < -0.39 is 20.0 Å². The second-order valence-corrected chi connectivity index (χ2v) is 13.5. The van der Waals surface area contributed by atoms with E-state index in [0.29, 0.717) is 6.42 Å². The summed E-state index contributed by atoms with van der Waals surface area (Å²) in [6.45, 7) is 3.89. The Morgan fingerprint density at radius 1 is 0.694 bits per heavy atom. The molecule has 3 atom stereocenters. The van der Waals surface area contributed by atoms with Gasteiger partial charge in [-0.05, 0) is 77.0 Å². The number of nitrogens with two attached hydrogens (primary N) is 1. The summed E-state index contributed by atoms with van der Waals surface area (Å²) < 4.78 is 21.9. The van der Waals surface area contributed by atoms with Gasteiger partial charge in [0.25, 0.3) is 0 Å². The van der Waals surface area contributed by atoms with Crippen LogP contribution in [-0.4, -0.2) is 47.8 Å². The van der Waals surface area contributed by atoms with Crippen LogP contribution in [0.3, 0.4) is 0 Å². The summed E-state index contributed by atoms with van der Waals surface area (Å²) in [6.07, 6.45) is 46.4. The molecular weight excluding hydrogens is 635 g/mol. The zero-order valence-electron chi connectivity index (χ0n) is 30.6. The number of aliphatic hydroxyl groups excluding tert-OH is 1. The zero-order chi connectivity index (χ0) is 36.1. The van der Waals surface area contributed by atoms with Crippen LogP contribution >= 0.6 is 7.82 Å². The first kappa shape index (κ1) is 46.7. The van der Waals surface area contributed by atoms with Gasteiger partial charge in [-0.3, -0.25) is 13.8 Å². The van der Waals surface area contributed by atoms with E-state index in [2.05, 4.69) is 92.1 Å². The summed E-state index contributed by atoms with van der Waals surface area (Å²) >= 11 is 0. The molecule has 0 bridgehead atoms. The van der Waals surface area contributed by atoms with Gasteiger partial charge in [0.05, 0.1) is 25.4 Å². The van der Waals surface area contributed by atoms with Crippen LogP contribution < -0.4 is 11.1 Å². The van der Waals surface area contributed by atoms with Gasteiger partial charge in [-0.2, -0.15) is 0 Å². The SMILES string of the molecule is CC/C=C\C/C=C\C/C=C\C/C=C\C/C=C\CCCCCCCC(=O)NC(COP(=O)(O)OCCN)C(O)/C=C/CC/C=C/CCCCC. The summed E-state index contributed by atoms with van der Waals surface area (Å²) in [6, 6.07) is -0.890. The highest BCUT2D eigenvalue weighted by atomic mass is 31.2. The second-order valence-electron chi connectivity index (χ2n) is 12.0. The third-order valence-corrected chi connectivity index (χ3v) is 8.44. The molecule has 49 heavy (non-hydrogen) atoms. The monoisotopic (exact) mass is 704 g/mol. The number of hydrogen-bond donors (Lipinski definition) is 4. The molecule has 0 saturated carbocycles. The number of aliphatic hydroxyl groups is 1. The van der Waals surface area contributed by atoms with Gasteiger partial charge in [-0.1, -0.05) is 131 Å². The highest BCUT2D eigenvalue weighted by Crippen LogP contribution is 2.43. The summed E-state index contributed by atoms with van der Waals surface area (Å²) in [7, 11) is -4.35. The number of rotatable bonds is 33. The number of amides is 1. The molecule has 0 aromatic carbocycles. The highest BCUT2D eigenvalue weighted by molar-refractivity contribution is 7.47. The number of phosphoric acid groups is 1. The lowest BCUT2D eigenvalue weighted by atomic mass is 10.1. The summed E-state index contributed by atoms with van der Waals surface area (Å²) in [5.74, 6) is -0.231. The topological polar surface area (TPSA) is 131 Å². The van der Waals surface area contributed by atoms with Gasteiger partial charge >= 0.3 is 7.82 Å². The number of allylic oxidation sites excluding steroid dienone is 13. The van der Waals surface area contributed by atoms with Crippen LogP contribution in [0.5, 0.6) is 0 Å². The molecule has 0 aromatic rings. The molecule has 0 aliphatic heterocycles. The lowest BCUT2D eigenvalue weighted by Crippen LogP contribution is -2.45. The first-order valence-corrected chi connectivity index (χ1v) is 20.2. The molecule has 0 spiro atoms. The van der Waals surface area contributed by atoms with Crippen LogP contribution in [0.15, 0.2) is 85.1 Å². The van der Waals surface area contributed by atoms with Gasteiger partial charge in [0.15, 0.2) is 0 Å². The average Bonchev–Trinajstić information content (AvgIpc) is 3.09. The summed E-state index contributed by atoms with van der Waals surface area (Å²) in [5, 5.41) is 13.5. The smallest absolute Gasteiger partial charge is 0.387 e. The van der Waals surface area contributed by atoms with Gasteiger partial charge in [-0.15, -0.1) is 0 Å². The van der Waals surface area contributed by atoms with Crippen molar-refractivity contribution < 1.29 is 28.4 Å². The van der Waals surface area contributed by atoms with Crippen LogP contribution in [0.4, 0.5) is 0 Å². The van der Waals surface area contributed by atoms with Crippen LogP contribution in [-0.2, 0) is 18.4 Å². The van der Waals surface area contributed by atoms with Crippen LogP contribution in [0.25, 0.3) is 0 Å². The Kier molecular flexibility index (Phi) is 33.8. The first-order chi connectivity index (χ1) is 23.9. The number of carbonyl (C=O) groups is 1. The number of nitrogens with one attached hydrogen (secondary N) is 1. The first-order valence-electron chi connectivity index (χ1n) is 18.7. The van der Waals surface area contributed by atoms with Crippen LogP contribution in [0, 0.1) is 0 Å². The molecule has 0 aliphatic carbocycles. The maximum Gasteiger partial charge on any atom is 0.472 e. The van der Waals surface area contributed by atoms with E-state index in [9.17, 15) is 19.4 Å². The van der Waals surface area contributed by atoms with Crippen molar-refractivity contribution >= 4 is 13.7 Å². The van der Waals surface area contributed by atoms with Crippen molar-refractivity contribution in [3.05, 3.63) is 85.1 Å². The molecule has 9 heteroatoms. The Morgan fingerprint density at radius 3 is 1.82 bits per heavy atom. The Hall–Kier alpha value is -2.32. The fourth-order valence-electron chi connectivity index (χ4n) is 4.64. The predicted molar refractivity (Wildman–Crippen MR) is 207 cm³/mol. The number of unbranched alkanes of at least 4 members (excludes halogenated alkanes) is 9. The van der Waals surface area contributed by atoms with Gasteiger partial charge in [0.1, 0.15) is 0 Å². The quantitative estimate of drug-likeness (QED) is 0.0304. The number of hydrogen-bond acceptors (Lipinski definition) is 6. The second kappa shape index (κ2) is 35.5. The Bertz CT molecular complexity index is 1030. The third kappa shape index (κ3) is 33.9. The predicted octanol–water partition coefficient (Wildman–Crippen LogP) is 9.88. The minimum absolute atomic E-state index is 0.0653. The van der Waals surface area contributed by atoms with Crippen molar-refractivity contribution in [2.45, 2.75) is 142 Å². The molecule has 8 nitrogen and oxygen atoms in total. The molecule has 3 unspecified atom stereocenters. The molecule has 0 aliphatic rings. The molecule has 280 valence electrons. The van der Waals surface area contributed by atoms with Crippen molar-refractivity contribution in [3.63, 3.8) is 0 Å². The van der Waals surface area contributed by atoms with E-state index in [-0.39, 0.29) is 25.7 Å². The minimum atomic E-state index is -4.35. The van der Waals surface area contributed by atoms with E-state index >= 15 is 0 Å². The van der Waals surface area contributed by atoms with E-state index in [4.69, 9.17) is 14.8 Å². The van der Waals surface area contributed by atoms with E-state index in [1.54, 1.807) is 6.08 Å². The fourth-order valence-corrected chi connectivity index (χ4v) is 5.40. The minimum Gasteiger partial charge on any atom is -0.387 e. The molecule has 0 heterocycles. The average molecular weight is 705 g/mol. The molecular formula is C40H69N2O6P. The largest absolute Gasteiger partial charge is 0.472 e. The standard InChI is InChI=1S/C40H69N2O6P/c1-3-5-7-9-11-13-14-15-16-17-18-19-20-21-22-23-24-26-28-30-32-34-40(44)42-38(37-48-49(45,46)47-36-35-41)39(43)33-31-29-27-25-12-10-8-6-4-2/h5,7,11-13,15-16,18-19,21-22,25,31,33,38-39,43H,3-4,6,8-10,14,17,20,23-24,26-30,32,34-37,41H2,1-2H3,(H,42,44)(H,45,46)/b7-5-,13-11-,16-15-,19-18-,22-21-,25-12+,33-31+. The lowest BCUT2D eigenvalue weighted by Gasteiger charge is -2.23. The molecule has 1 amide bonds. The molecule has 0 aromatic heterocycles. The Labute approximate surface area is 299 Å². The van der Waals surface area contributed by atoms with Gasteiger partial charge in [-0.25, -0.2) is 4.57 Å². The van der Waals surface area contributed by atoms with E-state index in [0.717, 1.165) is 89.9 Å². The van der Waals surface area contributed by atoms with Gasteiger partial charge in [0, 0.05) is 13.0 Å². The molecule has 0 fully saturated rings. The number of phosphoric ester groups is 1. The zero-order valence-corrected chi connectivity index (χ0v) is 31.5. The van der Waals surface area contributed by atoms with E-state index in [1.807, 2.05) is 6.08 Å². The highest BCUT2D eigenvalue weighted by Gasteiger charge is 2.26. The molecule has 0 rings (SSSR count). The maximum atomic E-state index is 12.7. The fraction of sp³-hybridized carbons (Fsp3) is 0.625. The number of carbonyl (C=O) groups excluding carboxylic acids is 1. The maximum absolute atomic E-state index is 12.7. The lowest BCUT2D eigenvalue weighted by molar-refractivity contribution is -0.123. The normalized spacial score (nSPS) is 15.3. The van der Waals surface area contributed by atoms with Gasteiger partial charge in [0.2, 0.25) is 5.91 Å². The van der Waals surface area contributed by atoms with E-state index in [1.165, 1.54) is 19.3 Å². The van der Waals surface area contributed by atoms with Crippen molar-refractivity contribution in [2.75, 3.05) is 19.8 Å². The van der Waals surface area contributed by atoms with Crippen LogP contribution in [0.2, 0.25) is 0 Å². The molecule has 5 N–H and O–H groups in total. The van der Waals surface area contributed by atoms with Crippen molar-refractivity contribution in [3.8, 4) is 0 Å². The Balaban J connectivity index is 4.30. The van der Waals surface area contributed by atoms with Crippen molar-refractivity contribution in [2.24, 2.45) is 5.73 Å². The molecule has 0 saturated heterocycles. The third-order valence-electron chi connectivity index (χ3n) is 7.45. The summed E-state index contributed by atoms with van der Waals surface area (Å²) in [5.41, 5.74) is 5.34. The Morgan fingerprint density at radius 2 is 1.20 bits per heavy atom. The van der Waals surface area contributed by atoms with Crippen molar-refractivity contribution in [1.29, 1.82) is 0 Å². The van der Waals surface area contributed by atoms with Crippen molar-refractivity contribution in [1.82, 2.24) is 5.32 Å².